The predicted octanol–water partition coefficient (Wildman–Crippen LogP) is 2.63. The van der Waals surface area contributed by atoms with Gasteiger partial charge in [0.2, 0.25) is 0 Å². The Morgan fingerprint density at radius 2 is 1.88 bits per heavy atom. The van der Waals surface area contributed by atoms with Crippen molar-refractivity contribution >= 4 is 0 Å². The van der Waals surface area contributed by atoms with Crippen LogP contribution in [0.4, 0.5) is 0 Å². The minimum Gasteiger partial charge on any atom is -0.326 e. The van der Waals surface area contributed by atoms with Gasteiger partial charge in [0.1, 0.15) is 0 Å². The maximum atomic E-state index is 6.27. The molecule has 0 radical (unpaired) electrons. The quantitative estimate of drug-likeness (QED) is 0.849. The molecule has 0 aliphatic carbocycles. The minimum atomic E-state index is 0.255. The van der Waals surface area contributed by atoms with E-state index in [-0.39, 0.29) is 5.41 Å². The first-order valence-electron chi connectivity index (χ1n) is 6.52. The molecule has 2 atom stereocenters. The maximum absolute atomic E-state index is 6.27. The van der Waals surface area contributed by atoms with Crippen LogP contribution < -0.4 is 5.73 Å². The lowest BCUT2D eigenvalue weighted by atomic mass is 9.83. The highest BCUT2D eigenvalue weighted by Gasteiger charge is 2.39. The number of rotatable bonds is 2. The van der Waals surface area contributed by atoms with Crippen molar-refractivity contribution in [2.24, 2.45) is 11.1 Å². The van der Waals surface area contributed by atoms with E-state index in [1.807, 2.05) is 0 Å². The van der Waals surface area contributed by atoms with Crippen LogP contribution in [0, 0.1) is 5.41 Å². The Labute approximate surface area is 105 Å². The number of hydrogen-bond donors (Lipinski definition) is 1. The van der Waals surface area contributed by atoms with Gasteiger partial charge >= 0.3 is 0 Å². The zero-order valence-electron chi connectivity index (χ0n) is 11.2. The molecule has 0 bridgehead atoms. The highest BCUT2D eigenvalue weighted by atomic mass is 15.2. The van der Waals surface area contributed by atoms with Gasteiger partial charge in [-0.3, -0.25) is 4.90 Å². The number of benzene rings is 1. The largest absolute Gasteiger partial charge is 0.326 e. The third kappa shape index (κ3) is 2.88. The van der Waals surface area contributed by atoms with E-state index in [9.17, 15) is 0 Å². The van der Waals surface area contributed by atoms with Crippen LogP contribution in [0.5, 0.6) is 0 Å². The SMILES string of the molecule is CC(C)(C)C1C(N)CCN1Cc1ccccc1. The van der Waals surface area contributed by atoms with Crippen molar-refractivity contribution < 1.29 is 0 Å². The van der Waals surface area contributed by atoms with Gasteiger partial charge in [-0.05, 0) is 17.4 Å². The molecule has 0 aromatic heterocycles. The smallest absolute Gasteiger partial charge is 0.0299 e. The van der Waals surface area contributed by atoms with E-state index >= 15 is 0 Å². The van der Waals surface area contributed by atoms with Crippen LogP contribution in [0.15, 0.2) is 30.3 Å². The lowest BCUT2D eigenvalue weighted by Gasteiger charge is -2.37. The topological polar surface area (TPSA) is 29.3 Å². The van der Waals surface area contributed by atoms with Crippen molar-refractivity contribution in [1.82, 2.24) is 4.90 Å². The van der Waals surface area contributed by atoms with Crippen LogP contribution in [0.2, 0.25) is 0 Å². The monoisotopic (exact) mass is 232 g/mol. The molecule has 2 heteroatoms. The lowest BCUT2D eigenvalue weighted by molar-refractivity contribution is 0.124. The molecule has 1 aliphatic heterocycles. The van der Waals surface area contributed by atoms with Gasteiger partial charge in [0, 0.05) is 25.2 Å². The third-order valence-corrected chi connectivity index (χ3v) is 3.66. The molecule has 0 amide bonds. The van der Waals surface area contributed by atoms with Crippen LogP contribution in [-0.2, 0) is 6.54 Å². The van der Waals surface area contributed by atoms with Crippen molar-refractivity contribution in [2.75, 3.05) is 6.54 Å². The van der Waals surface area contributed by atoms with E-state index in [2.05, 4.69) is 56.0 Å². The molecule has 2 nitrogen and oxygen atoms in total. The van der Waals surface area contributed by atoms with Crippen LogP contribution >= 0.6 is 0 Å². The summed E-state index contributed by atoms with van der Waals surface area (Å²) in [6.07, 6.45) is 1.12. The molecular formula is C15H24N2. The molecule has 1 aliphatic rings. The molecule has 1 aromatic rings. The molecular weight excluding hydrogens is 208 g/mol. The number of hydrogen-bond acceptors (Lipinski definition) is 2. The Balaban J connectivity index is 2.11. The highest BCUT2D eigenvalue weighted by molar-refractivity contribution is 5.15. The second-order valence-electron chi connectivity index (χ2n) is 6.22. The van der Waals surface area contributed by atoms with E-state index in [1.165, 1.54) is 5.56 Å². The zero-order valence-corrected chi connectivity index (χ0v) is 11.2. The normalized spacial score (nSPS) is 26.4. The summed E-state index contributed by atoms with van der Waals surface area (Å²) in [5.74, 6) is 0. The van der Waals surface area contributed by atoms with Crippen LogP contribution in [0.1, 0.15) is 32.8 Å². The van der Waals surface area contributed by atoms with Gasteiger partial charge in [-0.15, -0.1) is 0 Å². The number of nitrogens with two attached hydrogens (primary N) is 1. The summed E-state index contributed by atoms with van der Waals surface area (Å²) in [7, 11) is 0. The van der Waals surface area contributed by atoms with Gasteiger partial charge in [-0.2, -0.15) is 0 Å². The summed E-state index contributed by atoms with van der Waals surface area (Å²) in [6, 6.07) is 11.5. The van der Waals surface area contributed by atoms with Gasteiger partial charge < -0.3 is 5.73 Å². The van der Waals surface area contributed by atoms with Gasteiger partial charge in [-0.1, -0.05) is 51.1 Å². The predicted molar refractivity (Wildman–Crippen MR) is 72.7 cm³/mol. The molecule has 2 rings (SSSR count). The van der Waals surface area contributed by atoms with E-state index < -0.39 is 0 Å². The second kappa shape index (κ2) is 4.79. The Hall–Kier alpha value is -0.860. The molecule has 1 fully saturated rings. The highest BCUT2D eigenvalue weighted by Crippen LogP contribution is 2.32. The molecule has 2 unspecified atom stereocenters. The summed E-state index contributed by atoms with van der Waals surface area (Å²) < 4.78 is 0. The lowest BCUT2D eigenvalue weighted by Crippen LogP contribution is -2.47. The van der Waals surface area contributed by atoms with Gasteiger partial charge in [-0.25, -0.2) is 0 Å². The van der Waals surface area contributed by atoms with E-state index in [0.717, 1.165) is 19.5 Å². The van der Waals surface area contributed by atoms with Crippen molar-refractivity contribution in [3.63, 3.8) is 0 Å². The van der Waals surface area contributed by atoms with Gasteiger partial charge in [0.25, 0.3) is 0 Å². The molecule has 1 saturated heterocycles. The summed E-state index contributed by atoms with van der Waals surface area (Å²) in [4.78, 5) is 2.54. The summed E-state index contributed by atoms with van der Waals surface area (Å²) in [5.41, 5.74) is 7.91. The van der Waals surface area contributed by atoms with E-state index in [4.69, 9.17) is 5.73 Å². The van der Waals surface area contributed by atoms with Crippen LogP contribution in [-0.4, -0.2) is 23.5 Å². The fourth-order valence-electron chi connectivity index (χ4n) is 3.07. The van der Waals surface area contributed by atoms with Crippen molar-refractivity contribution in [3.8, 4) is 0 Å². The van der Waals surface area contributed by atoms with Crippen molar-refractivity contribution in [1.29, 1.82) is 0 Å². The molecule has 17 heavy (non-hydrogen) atoms. The first kappa shape index (κ1) is 12.6. The molecule has 0 spiro atoms. The zero-order chi connectivity index (χ0) is 12.5. The molecule has 2 N–H and O–H groups in total. The van der Waals surface area contributed by atoms with Crippen molar-refractivity contribution in [2.45, 2.75) is 45.8 Å². The molecule has 0 saturated carbocycles. The number of nitrogens with zero attached hydrogens (tertiary/aromatic N) is 1. The summed E-state index contributed by atoms with van der Waals surface area (Å²) in [5, 5.41) is 0. The van der Waals surface area contributed by atoms with Crippen molar-refractivity contribution in [3.05, 3.63) is 35.9 Å². The summed E-state index contributed by atoms with van der Waals surface area (Å²) >= 11 is 0. The number of likely N-dealkylation sites (tertiary alicyclic amines) is 1. The second-order valence-corrected chi connectivity index (χ2v) is 6.22. The average Bonchev–Trinajstić information content (AvgIpc) is 2.60. The minimum absolute atomic E-state index is 0.255. The average molecular weight is 232 g/mol. The van der Waals surface area contributed by atoms with E-state index in [0.29, 0.717) is 12.1 Å². The van der Waals surface area contributed by atoms with Crippen LogP contribution in [0.25, 0.3) is 0 Å². The van der Waals surface area contributed by atoms with Crippen LogP contribution in [0.3, 0.4) is 0 Å². The van der Waals surface area contributed by atoms with Gasteiger partial charge in [0.15, 0.2) is 0 Å². The maximum Gasteiger partial charge on any atom is 0.0299 e. The Kier molecular flexibility index (Phi) is 3.55. The van der Waals surface area contributed by atoms with E-state index in [1.54, 1.807) is 0 Å². The first-order chi connectivity index (χ1) is 7.98. The Morgan fingerprint density at radius 1 is 1.24 bits per heavy atom. The van der Waals surface area contributed by atoms with Gasteiger partial charge in [0.05, 0.1) is 0 Å². The third-order valence-electron chi connectivity index (χ3n) is 3.66. The molecule has 94 valence electrons. The molecule has 1 heterocycles. The Morgan fingerprint density at radius 3 is 2.47 bits per heavy atom. The summed E-state index contributed by atoms with van der Waals surface area (Å²) in [6.45, 7) is 9.02. The fraction of sp³-hybridized carbons (Fsp3) is 0.600. The fourth-order valence-corrected chi connectivity index (χ4v) is 3.07. The standard InChI is InChI=1S/C15H24N2/c1-15(2,3)14-13(16)9-10-17(14)11-12-7-5-4-6-8-12/h4-8,13-14H,9-11,16H2,1-3H3. The Bertz CT molecular complexity index is 353. The first-order valence-corrected chi connectivity index (χ1v) is 6.52. The molecule has 1 aromatic carbocycles.